The van der Waals surface area contributed by atoms with Gasteiger partial charge in [-0.05, 0) is 29.6 Å². The van der Waals surface area contributed by atoms with Crippen molar-refractivity contribution in [3.8, 4) is 5.75 Å². The Bertz CT molecular complexity index is 984. The van der Waals surface area contributed by atoms with Crippen molar-refractivity contribution in [2.24, 2.45) is 5.10 Å². The third-order valence-electron chi connectivity index (χ3n) is 5.12. The number of hydrazone groups is 1. The molecule has 3 aromatic rings. The molecule has 0 amide bonds. The van der Waals surface area contributed by atoms with Crippen molar-refractivity contribution < 1.29 is 4.74 Å². The summed E-state index contributed by atoms with van der Waals surface area (Å²) in [6, 6.07) is 21.1. The monoisotopic (exact) mass is 424 g/mol. The van der Waals surface area contributed by atoms with E-state index < -0.39 is 5.72 Å². The van der Waals surface area contributed by atoms with Crippen LogP contribution in [0.25, 0.3) is 0 Å². The zero-order valence-corrected chi connectivity index (χ0v) is 16.6. The molecule has 5 rings (SSSR count). The summed E-state index contributed by atoms with van der Waals surface area (Å²) in [7, 11) is 0. The number of benzene rings is 2. The zero-order valence-electron chi connectivity index (χ0n) is 14.2. The molecule has 0 spiro atoms. The molecule has 130 valence electrons. The Morgan fingerprint density at radius 3 is 2.69 bits per heavy atom. The first-order valence-corrected chi connectivity index (χ1v) is 10.3. The summed E-state index contributed by atoms with van der Waals surface area (Å²) in [6.45, 7) is 2.11. The SMILES string of the molecule is C[C@]1(c2ccc(Br)cc2)Oc2ccccc2[C@H]2CC(c3cccs3)=NN21. The predicted octanol–water partition coefficient (Wildman–Crippen LogP) is 5.93. The third-order valence-corrected chi connectivity index (χ3v) is 6.57. The fourth-order valence-corrected chi connectivity index (χ4v) is 4.78. The second-order valence-electron chi connectivity index (χ2n) is 6.72. The van der Waals surface area contributed by atoms with E-state index in [0.29, 0.717) is 0 Å². The van der Waals surface area contributed by atoms with Gasteiger partial charge in [0.05, 0.1) is 16.6 Å². The van der Waals surface area contributed by atoms with Crippen LogP contribution in [0.1, 0.15) is 35.4 Å². The Morgan fingerprint density at radius 2 is 1.92 bits per heavy atom. The molecule has 0 saturated carbocycles. The van der Waals surface area contributed by atoms with Crippen LogP contribution in [-0.2, 0) is 5.72 Å². The van der Waals surface area contributed by atoms with Gasteiger partial charge < -0.3 is 4.74 Å². The molecule has 0 N–H and O–H groups in total. The number of halogens is 1. The Kier molecular flexibility index (Phi) is 3.69. The topological polar surface area (TPSA) is 24.8 Å². The van der Waals surface area contributed by atoms with Crippen LogP contribution in [0.5, 0.6) is 5.75 Å². The fraction of sp³-hybridized carbons (Fsp3) is 0.190. The largest absolute Gasteiger partial charge is 0.462 e. The molecule has 5 heteroatoms. The van der Waals surface area contributed by atoms with E-state index in [0.717, 1.165) is 27.9 Å². The van der Waals surface area contributed by atoms with E-state index in [1.54, 1.807) is 11.3 Å². The lowest BCUT2D eigenvalue weighted by atomic mass is 9.93. The van der Waals surface area contributed by atoms with Gasteiger partial charge in [0.2, 0.25) is 5.72 Å². The highest BCUT2D eigenvalue weighted by Crippen LogP contribution is 2.50. The molecule has 0 aliphatic carbocycles. The van der Waals surface area contributed by atoms with E-state index >= 15 is 0 Å². The summed E-state index contributed by atoms with van der Waals surface area (Å²) in [4.78, 5) is 1.23. The molecule has 0 bridgehead atoms. The van der Waals surface area contributed by atoms with Gasteiger partial charge >= 0.3 is 0 Å². The number of thiophene rings is 1. The quantitative estimate of drug-likeness (QED) is 0.509. The summed E-state index contributed by atoms with van der Waals surface area (Å²) in [5, 5.41) is 9.28. The van der Waals surface area contributed by atoms with Gasteiger partial charge in [-0.1, -0.05) is 52.3 Å². The zero-order chi connectivity index (χ0) is 17.7. The van der Waals surface area contributed by atoms with Crippen molar-refractivity contribution in [2.75, 3.05) is 0 Å². The van der Waals surface area contributed by atoms with Crippen LogP contribution in [0.15, 0.2) is 75.6 Å². The summed E-state index contributed by atoms with van der Waals surface area (Å²) in [6.07, 6.45) is 0.896. The summed E-state index contributed by atoms with van der Waals surface area (Å²) < 4.78 is 7.59. The first kappa shape index (κ1) is 16.1. The number of para-hydroxylation sites is 1. The second-order valence-corrected chi connectivity index (χ2v) is 8.58. The Hall–Kier alpha value is -2.11. The molecule has 2 atom stereocenters. The van der Waals surface area contributed by atoms with E-state index in [2.05, 4.69) is 87.8 Å². The van der Waals surface area contributed by atoms with Gasteiger partial charge in [-0.3, -0.25) is 0 Å². The minimum atomic E-state index is -0.640. The molecule has 0 saturated heterocycles. The number of ether oxygens (including phenoxy) is 1. The highest BCUT2D eigenvalue weighted by molar-refractivity contribution is 9.10. The maximum Gasteiger partial charge on any atom is 0.221 e. The smallest absolute Gasteiger partial charge is 0.221 e. The van der Waals surface area contributed by atoms with Crippen LogP contribution in [0, 0.1) is 0 Å². The molecule has 0 radical (unpaired) electrons. The number of nitrogens with zero attached hydrogens (tertiary/aromatic N) is 2. The first-order valence-electron chi connectivity index (χ1n) is 8.60. The van der Waals surface area contributed by atoms with Crippen molar-refractivity contribution in [3.05, 3.63) is 86.5 Å². The van der Waals surface area contributed by atoms with Crippen LogP contribution >= 0.6 is 27.3 Å². The highest BCUT2D eigenvalue weighted by Gasteiger charge is 2.48. The molecule has 1 aromatic heterocycles. The van der Waals surface area contributed by atoms with Crippen LogP contribution in [0.3, 0.4) is 0 Å². The van der Waals surface area contributed by atoms with Crippen LogP contribution in [0.4, 0.5) is 0 Å². The molecule has 0 unspecified atom stereocenters. The number of hydrogen-bond acceptors (Lipinski definition) is 4. The van der Waals surface area contributed by atoms with Crippen molar-refractivity contribution >= 4 is 33.0 Å². The van der Waals surface area contributed by atoms with Crippen LogP contribution in [-0.4, -0.2) is 10.7 Å². The third kappa shape index (κ3) is 2.42. The minimum Gasteiger partial charge on any atom is -0.462 e. The maximum atomic E-state index is 6.53. The van der Waals surface area contributed by atoms with E-state index in [1.807, 2.05) is 6.07 Å². The van der Waals surface area contributed by atoms with Crippen molar-refractivity contribution in [1.29, 1.82) is 0 Å². The molecule has 26 heavy (non-hydrogen) atoms. The molecule has 3 heterocycles. The number of hydrogen-bond donors (Lipinski definition) is 0. The minimum absolute atomic E-state index is 0.186. The van der Waals surface area contributed by atoms with Crippen molar-refractivity contribution in [3.63, 3.8) is 0 Å². The molecule has 2 aliphatic rings. The summed E-state index contributed by atoms with van der Waals surface area (Å²) in [5.41, 5.74) is 2.79. The van der Waals surface area contributed by atoms with Crippen molar-refractivity contribution in [2.45, 2.75) is 25.1 Å². The van der Waals surface area contributed by atoms with Crippen molar-refractivity contribution in [1.82, 2.24) is 5.01 Å². The lowest BCUT2D eigenvalue weighted by Gasteiger charge is -2.46. The molecule has 2 aromatic carbocycles. The molecule has 3 nitrogen and oxygen atoms in total. The second kappa shape index (κ2) is 5.96. The molecular weight excluding hydrogens is 408 g/mol. The molecular formula is C21H17BrN2OS. The lowest BCUT2D eigenvalue weighted by molar-refractivity contribution is -0.112. The Morgan fingerprint density at radius 1 is 1.12 bits per heavy atom. The van der Waals surface area contributed by atoms with Crippen LogP contribution in [0.2, 0.25) is 0 Å². The Balaban J connectivity index is 1.66. The van der Waals surface area contributed by atoms with E-state index in [9.17, 15) is 0 Å². The normalized spacial score (nSPS) is 23.8. The van der Waals surface area contributed by atoms with Gasteiger partial charge in [0.15, 0.2) is 0 Å². The first-order chi connectivity index (χ1) is 12.6. The fourth-order valence-electron chi connectivity index (χ4n) is 3.80. The predicted molar refractivity (Wildman–Crippen MR) is 109 cm³/mol. The molecule has 2 aliphatic heterocycles. The van der Waals surface area contributed by atoms with Gasteiger partial charge in [-0.25, -0.2) is 5.01 Å². The Labute approximate surface area is 165 Å². The average Bonchev–Trinajstić information content (AvgIpc) is 3.32. The maximum absolute atomic E-state index is 6.53. The number of rotatable bonds is 2. The van der Waals surface area contributed by atoms with Gasteiger partial charge in [0.25, 0.3) is 0 Å². The highest BCUT2D eigenvalue weighted by atomic mass is 79.9. The van der Waals surface area contributed by atoms with E-state index in [-0.39, 0.29) is 6.04 Å². The standard InChI is InChI=1S/C21H17BrN2OS/c1-21(14-8-10-15(22)11-9-14)24-18(16-5-2-3-6-19(16)25-21)13-17(23-24)20-7-4-12-26-20/h2-12,18H,13H2,1H3/t18-,21-/m1/s1. The van der Waals surface area contributed by atoms with E-state index in [1.165, 1.54) is 10.4 Å². The van der Waals surface area contributed by atoms with E-state index in [4.69, 9.17) is 9.84 Å². The lowest BCUT2D eigenvalue weighted by Crippen LogP contribution is -2.48. The van der Waals surface area contributed by atoms with Gasteiger partial charge in [0, 0.05) is 28.9 Å². The van der Waals surface area contributed by atoms with Gasteiger partial charge in [-0.2, -0.15) is 5.10 Å². The van der Waals surface area contributed by atoms with Crippen LogP contribution < -0.4 is 4.74 Å². The van der Waals surface area contributed by atoms with Gasteiger partial charge in [0.1, 0.15) is 5.75 Å². The molecule has 0 fully saturated rings. The number of fused-ring (bicyclic) bond motifs is 3. The average molecular weight is 425 g/mol. The summed E-state index contributed by atoms with van der Waals surface area (Å²) >= 11 is 5.26. The van der Waals surface area contributed by atoms with Gasteiger partial charge in [-0.15, -0.1) is 11.3 Å². The summed E-state index contributed by atoms with van der Waals surface area (Å²) in [5.74, 6) is 0.946.